The summed E-state index contributed by atoms with van der Waals surface area (Å²) in [6, 6.07) is 3.99. The van der Waals surface area contributed by atoms with Crippen molar-refractivity contribution in [3.63, 3.8) is 0 Å². The summed E-state index contributed by atoms with van der Waals surface area (Å²) in [5.41, 5.74) is 0.106. The molecule has 1 unspecified atom stereocenters. The predicted molar refractivity (Wildman–Crippen MR) is 62.2 cm³/mol. The number of amides is 3. The molecule has 6 heteroatoms. The van der Waals surface area contributed by atoms with E-state index in [1.165, 1.54) is 12.1 Å². The third-order valence-electron chi connectivity index (χ3n) is 3.08. The molecule has 6 nitrogen and oxygen atoms in total. The molecular weight excluding hydrogens is 236 g/mol. The lowest BCUT2D eigenvalue weighted by Crippen LogP contribution is -2.40. The zero-order valence-corrected chi connectivity index (χ0v) is 9.90. The minimum atomic E-state index is -1.15. The van der Waals surface area contributed by atoms with Crippen molar-refractivity contribution in [3.05, 3.63) is 34.9 Å². The van der Waals surface area contributed by atoms with Gasteiger partial charge in [0.1, 0.15) is 5.54 Å². The van der Waals surface area contributed by atoms with Gasteiger partial charge in [-0.1, -0.05) is 12.1 Å². The van der Waals surface area contributed by atoms with E-state index < -0.39 is 23.4 Å². The molecule has 1 aliphatic heterocycles. The van der Waals surface area contributed by atoms with Gasteiger partial charge in [-0.15, -0.1) is 0 Å². The van der Waals surface area contributed by atoms with Crippen molar-refractivity contribution in [2.45, 2.75) is 19.4 Å². The van der Waals surface area contributed by atoms with Gasteiger partial charge < -0.3 is 10.4 Å². The maximum Gasteiger partial charge on any atom is 0.335 e. The number of benzene rings is 1. The summed E-state index contributed by atoms with van der Waals surface area (Å²) in [5, 5.41) is 13.6. The minimum absolute atomic E-state index is 0.173. The van der Waals surface area contributed by atoms with Crippen molar-refractivity contribution < 1.29 is 19.5 Å². The van der Waals surface area contributed by atoms with Gasteiger partial charge in [0.15, 0.2) is 0 Å². The molecular formula is C12H12N2O4. The molecule has 94 valence electrons. The fraction of sp³-hybridized carbons (Fsp3) is 0.250. The standard InChI is InChI=1S/C12H12N2O4/c1-6-5-7(3-4-8(6)9(15)16)12(2)10(17)13-11(18)14-12/h3-5H,1-2H3,(H,15,16)(H2,13,14,17,18). The number of imide groups is 1. The number of aromatic carboxylic acids is 1. The topological polar surface area (TPSA) is 95.5 Å². The van der Waals surface area contributed by atoms with E-state index in [9.17, 15) is 14.4 Å². The van der Waals surface area contributed by atoms with E-state index in [1.807, 2.05) is 0 Å². The third kappa shape index (κ3) is 1.71. The molecule has 1 aromatic rings. The summed E-state index contributed by atoms with van der Waals surface area (Å²) in [4.78, 5) is 33.8. The van der Waals surface area contributed by atoms with Crippen LogP contribution in [0.5, 0.6) is 0 Å². The Morgan fingerprint density at radius 2 is 2.00 bits per heavy atom. The van der Waals surface area contributed by atoms with Crippen molar-refractivity contribution in [2.75, 3.05) is 0 Å². The largest absolute Gasteiger partial charge is 0.478 e. The summed E-state index contributed by atoms with van der Waals surface area (Å²) < 4.78 is 0. The van der Waals surface area contributed by atoms with E-state index in [0.29, 0.717) is 11.1 Å². The van der Waals surface area contributed by atoms with Crippen LogP contribution in [-0.2, 0) is 10.3 Å². The number of carboxylic acids is 1. The molecule has 3 N–H and O–H groups in total. The fourth-order valence-corrected chi connectivity index (χ4v) is 1.96. The first-order valence-electron chi connectivity index (χ1n) is 5.32. The van der Waals surface area contributed by atoms with Crippen LogP contribution in [0.1, 0.15) is 28.4 Å². The average Bonchev–Trinajstić information content (AvgIpc) is 2.53. The van der Waals surface area contributed by atoms with Crippen molar-refractivity contribution >= 4 is 17.9 Å². The molecule has 0 saturated carbocycles. The Labute approximate surface area is 103 Å². The zero-order valence-electron chi connectivity index (χ0n) is 9.90. The second kappa shape index (κ2) is 3.83. The number of aryl methyl sites for hydroxylation is 1. The molecule has 1 atom stereocenters. The summed E-state index contributed by atoms with van der Waals surface area (Å²) >= 11 is 0. The number of rotatable bonds is 2. The molecule has 3 amide bonds. The Hall–Kier alpha value is -2.37. The monoisotopic (exact) mass is 248 g/mol. The van der Waals surface area contributed by atoms with Crippen molar-refractivity contribution in [1.29, 1.82) is 0 Å². The highest BCUT2D eigenvalue weighted by atomic mass is 16.4. The molecule has 0 aromatic heterocycles. The summed E-state index contributed by atoms with van der Waals surface area (Å²) in [5.74, 6) is -1.47. The van der Waals surface area contributed by atoms with Crippen LogP contribution in [0.2, 0.25) is 0 Å². The van der Waals surface area contributed by atoms with E-state index in [1.54, 1.807) is 19.9 Å². The molecule has 1 saturated heterocycles. The van der Waals surface area contributed by atoms with Crippen molar-refractivity contribution in [2.24, 2.45) is 0 Å². The Bertz CT molecular complexity index is 567. The first-order valence-corrected chi connectivity index (χ1v) is 5.32. The van der Waals surface area contributed by atoms with Crippen LogP contribution >= 0.6 is 0 Å². The van der Waals surface area contributed by atoms with Crippen LogP contribution < -0.4 is 10.6 Å². The van der Waals surface area contributed by atoms with Crippen LogP contribution in [0.15, 0.2) is 18.2 Å². The second-order valence-corrected chi connectivity index (χ2v) is 4.37. The second-order valence-electron chi connectivity index (χ2n) is 4.37. The van der Waals surface area contributed by atoms with E-state index in [2.05, 4.69) is 10.6 Å². The van der Waals surface area contributed by atoms with Crippen molar-refractivity contribution in [1.82, 2.24) is 10.6 Å². The average molecular weight is 248 g/mol. The van der Waals surface area contributed by atoms with E-state index >= 15 is 0 Å². The smallest absolute Gasteiger partial charge is 0.335 e. The van der Waals surface area contributed by atoms with Gasteiger partial charge in [-0.2, -0.15) is 0 Å². The molecule has 0 radical (unpaired) electrons. The zero-order chi connectivity index (χ0) is 13.5. The predicted octanol–water partition coefficient (Wildman–Crippen LogP) is 0.748. The van der Waals surface area contributed by atoms with E-state index in [0.717, 1.165) is 0 Å². The fourth-order valence-electron chi connectivity index (χ4n) is 1.96. The van der Waals surface area contributed by atoms with Crippen LogP contribution in [0, 0.1) is 6.92 Å². The lowest BCUT2D eigenvalue weighted by Gasteiger charge is -2.21. The molecule has 0 aliphatic carbocycles. The normalized spacial score (nSPS) is 22.6. The van der Waals surface area contributed by atoms with Crippen LogP contribution in [0.3, 0.4) is 0 Å². The Morgan fingerprint density at radius 1 is 1.33 bits per heavy atom. The first kappa shape index (κ1) is 12.1. The molecule has 1 aromatic carbocycles. The lowest BCUT2D eigenvalue weighted by atomic mass is 9.90. The lowest BCUT2D eigenvalue weighted by molar-refractivity contribution is -0.123. The Balaban J connectivity index is 2.47. The molecule has 1 heterocycles. The van der Waals surface area contributed by atoms with Gasteiger partial charge in [0, 0.05) is 0 Å². The Kier molecular flexibility index (Phi) is 2.58. The number of carbonyl (C=O) groups is 3. The van der Waals surface area contributed by atoms with Crippen LogP contribution in [-0.4, -0.2) is 23.0 Å². The van der Waals surface area contributed by atoms with Gasteiger partial charge >= 0.3 is 12.0 Å². The maximum absolute atomic E-state index is 11.7. The van der Waals surface area contributed by atoms with Gasteiger partial charge in [0.25, 0.3) is 5.91 Å². The van der Waals surface area contributed by atoms with Crippen LogP contribution in [0.25, 0.3) is 0 Å². The quantitative estimate of drug-likeness (QED) is 0.673. The highest BCUT2D eigenvalue weighted by molar-refractivity contribution is 6.07. The molecule has 18 heavy (non-hydrogen) atoms. The van der Waals surface area contributed by atoms with E-state index in [-0.39, 0.29) is 5.56 Å². The summed E-state index contributed by atoms with van der Waals surface area (Å²) in [6.07, 6.45) is 0. The number of carbonyl (C=O) groups excluding carboxylic acids is 2. The molecule has 1 aliphatic rings. The molecule has 1 fully saturated rings. The first-order chi connectivity index (χ1) is 8.34. The number of urea groups is 1. The van der Waals surface area contributed by atoms with Crippen LogP contribution in [0.4, 0.5) is 4.79 Å². The molecule has 2 rings (SSSR count). The summed E-state index contributed by atoms with van der Waals surface area (Å²) in [7, 11) is 0. The van der Waals surface area contributed by atoms with Gasteiger partial charge in [0.2, 0.25) is 0 Å². The van der Waals surface area contributed by atoms with E-state index in [4.69, 9.17) is 5.11 Å². The van der Waals surface area contributed by atoms with Gasteiger partial charge in [-0.3, -0.25) is 10.1 Å². The highest BCUT2D eigenvalue weighted by Crippen LogP contribution is 2.26. The number of hydrogen-bond acceptors (Lipinski definition) is 3. The SMILES string of the molecule is Cc1cc(C2(C)NC(=O)NC2=O)ccc1C(=O)O. The molecule has 0 spiro atoms. The van der Waals surface area contributed by atoms with Gasteiger partial charge in [0.05, 0.1) is 5.56 Å². The summed E-state index contributed by atoms with van der Waals surface area (Å²) in [6.45, 7) is 3.22. The van der Waals surface area contributed by atoms with Gasteiger partial charge in [-0.25, -0.2) is 9.59 Å². The number of hydrogen-bond donors (Lipinski definition) is 3. The number of nitrogens with one attached hydrogen (secondary N) is 2. The molecule has 0 bridgehead atoms. The Morgan fingerprint density at radius 3 is 2.44 bits per heavy atom. The van der Waals surface area contributed by atoms with Crippen molar-refractivity contribution in [3.8, 4) is 0 Å². The third-order valence-corrected chi connectivity index (χ3v) is 3.08. The minimum Gasteiger partial charge on any atom is -0.478 e. The van der Waals surface area contributed by atoms with Gasteiger partial charge in [-0.05, 0) is 31.0 Å². The highest BCUT2D eigenvalue weighted by Gasteiger charge is 2.43. The number of carboxylic acid groups (broad SMARTS) is 1. The maximum atomic E-state index is 11.7.